The van der Waals surface area contributed by atoms with Gasteiger partial charge in [0.1, 0.15) is 0 Å². The van der Waals surface area contributed by atoms with Gasteiger partial charge in [-0.2, -0.15) is 23.4 Å². The summed E-state index contributed by atoms with van der Waals surface area (Å²) in [4.78, 5) is 15.4. The maximum atomic E-state index is 12.3. The molecule has 2 aliphatic rings. The molecule has 2 fully saturated rings. The van der Waals surface area contributed by atoms with E-state index in [4.69, 9.17) is 5.73 Å². The Hall–Kier alpha value is -5.62. The van der Waals surface area contributed by atoms with E-state index in [1.807, 2.05) is 29.7 Å². The summed E-state index contributed by atoms with van der Waals surface area (Å²) >= 11 is 0. The lowest BCUT2D eigenvalue weighted by Crippen LogP contribution is -2.42. The van der Waals surface area contributed by atoms with Crippen molar-refractivity contribution < 1.29 is 18.0 Å². The van der Waals surface area contributed by atoms with E-state index in [9.17, 15) is 18.0 Å². The lowest BCUT2D eigenvalue weighted by Gasteiger charge is -2.32. The highest BCUT2D eigenvalue weighted by atomic mass is 19.4. The molecule has 0 atom stereocenters. The Bertz CT molecular complexity index is 2200. The van der Waals surface area contributed by atoms with Crippen molar-refractivity contribution in [3.05, 3.63) is 109 Å². The number of rotatable bonds is 7. The predicted octanol–water partition coefficient (Wildman–Crippen LogP) is 7.66. The number of alkyl halides is 3. The minimum Gasteiger partial charge on any atom is -0.355 e. The van der Waals surface area contributed by atoms with Gasteiger partial charge in [0, 0.05) is 43.9 Å². The number of anilines is 2. The number of benzene rings is 4. The maximum Gasteiger partial charge on any atom is 0.471 e. The van der Waals surface area contributed by atoms with Gasteiger partial charge in [0.25, 0.3) is 0 Å². The van der Waals surface area contributed by atoms with Gasteiger partial charge < -0.3 is 20.9 Å². The van der Waals surface area contributed by atoms with E-state index in [0.717, 1.165) is 66.2 Å². The second-order valence-corrected chi connectivity index (χ2v) is 14.0. The third-order valence-electron chi connectivity index (χ3n) is 10.5. The van der Waals surface area contributed by atoms with Crippen LogP contribution in [0.2, 0.25) is 0 Å². The molecule has 2 aliphatic heterocycles. The van der Waals surface area contributed by atoms with Crippen LogP contribution in [-0.4, -0.2) is 71.7 Å². The smallest absolute Gasteiger partial charge is 0.355 e. The third-order valence-corrected chi connectivity index (χ3v) is 10.5. The second kappa shape index (κ2) is 16.6. The number of piperidine rings is 2. The van der Waals surface area contributed by atoms with Gasteiger partial charge in [0.05, 0.1) is 12.4 Å². The number of fused-ring (bicyclic) bond motifs is 2. The minimum atomic E-state index is -4.83. The number of nitrogens with zero attached hydrogens (tertiary/aromatic N) is 6. The summed E-state index contributed by atoms with van der Waals surface area (Å²) in [7, 11) is 0. The molecule has 0 unspecified atom stereocenters. The molecule has 0 saturated carbocycles. The van der Waals surface area contributed by atoms with Crippen LogP contribution in [0.25, 0.3) is 43.8 Å². The van der Waals surface area contributed by atoms with Gasteiger partial charge >= 0.3 is 12.1 Å². The number of nitrogens with two attached hydrogens (primary N) is 1. The Balaban J connectivity index is 0.000000171. The summed E-state index contributed by atoms with van der Waals surface area (Å²) in [6, 6.07) is 33.5. The number of hydrogen-bond acceptors (Lipinski definition) is 8. The van der Waals surface area contributed by atoms with Crippen molar-refractivity contribution in [3.8, 4) is 22.3 Å². The minimum absolute atomic E-state index is 0.0178. The number of hydrogen-bond donors (Lipinski definition) is 2. The zero-order valence-corrected chi connectivity index (χ0v) is 29.9. The lowest BCUT2D eigenvalue weighted by atomic mass is 9.96. The van der Waals surface area contributed by atoms with E-state index in [0.29, 0.717) is 31.8 Å². The highest BCUT2D eigenvalue weighted by molar-refractivity contribution is 5.88. The van der Waals surface area contributed by atoms with Crippen LogP contribution in [0, 0.1) is 11.8 Å². The van der Waals surface area contributed by atoms with Crippen molar-refractivity contribution in [1.29, 1.82) is 0 Å². The highest BCUT2D eigenvalue weighted by Crippen LogP contribution is 2.30. The molecule has 12 heteroatoms. The van der Waals surface area contributed by atoms with E-state index in [2.05, 4.69) is 109 Å². The SMILES string of the molecule is NCC1CCN(c2cc(-c3ccc4ccccc4c3)cnn2)CC1.O=C(NCC1CCN(c2cc(-c3ccc4ccccc4c3)cnn2)CC1)C(F)(F)F. The molecule has 2 aromatic heterocycles. The number of nitrogens with one attached hydrogen (secondary N) is 1. The van der Waals surface area contributed by atoms with Crippen LogP contribution >= 0.6 is 0 Å². The number of aromatic nitrogens is 4. The Morgan fingerprint density at radius 2 is 1.07 bits per heavy atom. The molecule has 6 aromatic rings. The van der Waals surface area contributed by atoms with Gasteiger partial charge in [0.2, 0.25) is 0 Å². The van der Waals surface area contributed by atoms with Crippen molar-refractivity contribution in [3.63, 3.8) is 0 Å². The number of halogens is 3. The first-order valence-corrected chi connectivity index (χ1v) is 18.4. The largest absolute Gasteiger partial charge is 0.471 e. The lowest BCUT2D eigenvalue weighted by molar-refractivity contribution is -0.173. The normalized spacial score (nSPS) is 15.6. The molecule has 3 N–H and O–H groups in total. The Morgan fingerprint density at radius 3 is 1.52 bits per heavy atom. The number of carbonyl (C=O) groups excluding carboxylic acids is 1. The highest BCUT2D eigenvalue weighted by Gasteiger charge is 2.38. The molecule has 1 amide bonds. The molecule has 0 radical (unpaired) electrons. The summed E-state index contributed by atoms with van der Waals surface area (Å²) in [5.41, 5.74) is 10.1. The van der Waals surface area contributed by atoms with Crippen LogP contribution in [-0.2, 0) is 4.79 Å². The van der Waals surface area contributed by atoms with Gasteiger partial charge in [-0.25, -0.2) is 0 Å². The van der Waals surface area contributed by atoms with Crippen molar-refractivity contribution in [2.45, 2.75) is 31.9 Å². The van der Waals surface area contributed by atoms with Gasteiger partial charge in [-0.1, -0.05) is 72.8 Å². The summed E-state index contributed by atoms with van der Waals surface area (Å²) in [6.45, 7) is 4.16. The Labute approximate surface area is 312 Å². The molecule has 9 nitrogen and oxygen atoms in total. The van der Waals surface area contributed by atoms with Crippen molar-refractivity contribution >= 4 is 39.1 Å². The van der Waals surface area contributed by atoms with Crippen LogP contribution in [0.15, 0.2) is 109 Å². The van der Waals surface area contributed by atoms with Crippen LogP contribution < -0.4 is 20.9 Å². The van der Waals surface area contributed by atoms with Crippen molar-refractivity contribution in [2.24, 2.45) is 17.6 Å². The molecular formula is C42H43F3N8O. The summed E-state index contributed by atoms with van der Waals surface area (Å²) in [5, 5.41) is 23.8. The molecule has 54 heavy (non-hydrogen) atoms. The Morgan fingerprint density at radius 1 is 0.630 bits per heavy atom. The van der Waals surface area contributed by atoms with Crippen LogP contribution in [0.5, 0.6) is 0 Å². The van der Waals surface area contributed by atoms with Crippen LogP contribution in [0.4, 0.5) is 24.8 Å². The molecule has 4 aromatic carbocycles. The standard InChI is InChI=1S/C22H21F3N4O.C20H22N4/c23-22(24,25)21(30)26-13-15-7-9-29(10-8-15)20-12-19(14-27-28-20)18-6-5-16-3-1-2-4-17(16)11-18;21-13-15-7-9-24(10-8-15)20-12-19(14-22-23-20)18-6-5-16-3-1-2-4-17(16)11-18/h1-6,11-12,14-15H,7-10,13H2,(H,26,30);1-6,11-12,14-15H,7-10,13,21H2. The fourth-order valence-corrected chi connectivity index (χ4v) is 7.17. The van der Waals surface area contributed by atoms with Gasteiger partial charge in [-0.05, 0) is 101 Å². The maximum absolute atomic E-state index is 12.3. The molecular weight excluding hydrogens is 690 g/mol. The summed E-state index contributed by atoms with van der Waals surface area (Å²) in [5.74, 6) is 0.510. The molecule has 8 rings (SSSR count). The molecule has 278 valence electrons. The number of carbonyl (C=O) groups is 1. The monoisotopic (exact) mass is 732 g/mol. The fraction of sp³-hybridized carbons (Fsp3) is 0.310. The zero-order chi connectivity index (χ0) is 37.5. The van der Waals surface area contributed by atoms with Crippen LogP contribution in [0.1, 0.15) is 25.7 Å². The van der Waals surface area contributed by atoms with E-state index in [1.165, 1.54) is 21.7 Å². The summed E-state index contributed by atoms with van der Waals surface area (Å²) < 4.78 is 36.9. The fourth-order valence-electron chi connectivity index (χ4n) is 7.17. The summed E-state index contributed by atoms with van der Waals surface area (Å²) in [6.07, 6.45) is 2.38. The van der Waals surface area contributed by atoms with E-state index in [-0.39, 0.29) is 12.5 Å². The van der Waals surface area contributed by atoms with Crippen molar-refractivity contribution in [1.82, 2.24) is 25.7 Å². The molecule has 4 heterocycles. The molecule has 0 spiro atoms. The first-order valence-electron chi connectivity index (χ1n) is 18.4. The average Bonchev–Trinajstić information content (AvgIpc) is 3.22. The van der Waals surface area contributed by atoms with Gasteiger partial charge in [-0.15, -0.1) is 10.2 Å². The quantitative estimate of drug-likeness (QED) is 0.172. The first-order chi connectivity index (χ1) is 26.2. The Kier molecular flexibility index (Phi) is 11.3. The van der Waals surface area contributed by atoms with E-state index < -0.39 is 12.1 Å². The number of amides is 1. The predicted molar refractivity (Wildman–Crippen MR) is 208 cm³/mol. The third kappa shape index (κ3) is 8.94. The molecule has 0 aliphatic carbocycles. The van der Waals surface area contributed by atoms with E-state index >= 15 is 0 Å². The zero-order valence-electron chi connectivity index (χ0n) is 29.9. The van der Waals surface area contributed by atoms with Gasteiger partial charge in [0.15, 0.2) is 11.6 Å². The second-order valence-electron chi connectivity index (χ2n) is 14.0. The average molecular weight is 733 g/mol. The molecule has 2 saturated heterocycles. The first kappa shape index (κ1) is 36.7. The van der Waals surface area contributed by atoms with Crippen LogP contribution in [0.3, 0.4) is 0 Å². The molecule has 0 bridgehead atoms. The van der Waals surface area contributed by atoms with Gasteiger partial charge in [-0.3, -0.25) is 4.79 Å². The van der Waals surface area contributed by atoms with Crippen molar-refractivity contribution in [2.75, 3.05) is 49.1 Å². The van der Waals surface area contributed by atoms with E-state index in [1.54, 1.807) is 6.20 Å². The topological polar surface area (TPSA) is 113 Å².